The quantitative estimate of drug-likeness (QED) is 0.609. The van der Waals surface area contributed by atoms with E-state index in [-0.39, 0.29) is 11.8 Å². The van der Waals surface area contributed by atoms with Gasteiger partial charge in [0.1, 0.15) is 17.9 Å². The molecule has 1 unspecified atom stereocenters. The molecule has 0 bridgehead atoms. The third kappa shape index (κ3) is 4.65. The highest BCUT2D eigenvalue weighted by molar-refractivity contribution is 6.37. The Kier molecular flexibility index (Phi) is 5.94. The van der Waals surface area contributed by atoms with Gasteiger partial charge in [0.05, 0.1) is 0 Å². The lowest BCUT2D eigenvalue weighted by molar-refractivity contribution is -0.142. The lowest BCUT2D eigenvalue weighted by Gasteiger charge is -2.24. The number of benzene rings is 1. The van der Waals surface area contributed by atoms with E-state index in [4.69, 9.17) is 10.1 Å². The number of aryl methyl sites for hydroxylation is 1. The fourth-order valence-electron chi connectivity index (χ4n) is 3.10. The molecule has 6 nitrogen and oxygen atoms in total. The lowest BCUT2D eigenvalue weighted by Crippen LogP contribution is -2.32. The third-order valence-electron chi connectivity index (χ3n) is 4.58. The van der Waals surface area contributed by atoms with Crippen LogP contribution >= 0.6 is 0 Å². The van der Waals surface area contributed by atoms with Crippen LogP contribution in [-0.4, -0.2) is 27.8 Å². The summed E-state index contributed by atoms with van der Waals surface area (Å²) in [6, 6.07) is 8.77. The molecule has 136 valence electrons. The molecule has 3 rings (SSSR count). The normalized spacial score (nSPS) is 15.9. The summed E-state index contributed by atoms with van der Waals surface area (Å²) in [5.41, 5.74) is 1.78. The van der Waals surface area contributed by atoms with Gasteiger partial charge in [-0.1, -0.05) is 36.2 Å². The highest BCUT2D eigenvalue weighted by Gasteiger charge is 2.28. The molecule has 1 aromatic carbocycles. The summed E-state index contributed by atoms with van der Waals surface area (Å²) in [7, 11) is 0. The van der Waals surface area contributed by atoms with Crippen LogP contribution in [0.4, 0.5) is 5.95 Å². The standard InChI is InChI=1S/C20H24N4O2/c1-14-8-10-15(11-9-14)18(24-20-22-12-5-13-23-20)17(21)19(25)26-16-6-3-2-4-7-16/h5,8-13,16,18,21H,2-4,6-7H2,1H3,(H,22,23,24). The summed E-state index contributed by atoms with van der Waals surface area (Å²) in [5, 5.41) is 11.5. The molecule has 1 aliphatic rings. The van der Waals surface area contributed by atoms with Gasteiger partial charge in [0.25, 0.3) is 0 Å². The number of hydrogen-bond donors (Lipinski definition) is 2. The molecule has 26 heavy (non-hydrogen) atoms. The molecule has 2 aromatic rings. The molecule has 1 aromatic heterocycles. The molecule has 0 aliphatic heterocycles. The molecule has 0 saturated heterocycles. The third-order valence-corrected chi connectivity index (χ3v) is 4.58. The van der Waals surface area contributed by atoms with Crippen LogP contribution in [0.2, 0.25) is 0 Å². The van der Waals surface area contributed by atoms with Crippen molar-refractivity contribution >= 4 is 17.6 Å². The Hall–Kier alpha value is -2.76. The average Bonchev–Trinajstić information content (AvgIpc) is 2.68. The van der Waals surface area contributed by atoms with Crippen molar-refractivity contribution < 1.29 is 9.53 Å². The van der Waals surface area contributed by atoms with Crippen molar-refractivity contribution in [3.05, 3.63) is 53.9 Å². The van der Waals surface area contributed by atoms with E-state index in [1.807, 2.05) is 31.2 Å². The zero-order chi connectivity index (χ0) is 18.4. The van der Waals surface area contributed by atoms with Gasteiger partial charge in [-0.2, -0.15) is 0 Å². The minimum absolute atomic E-state index is 0.0803. The van der Waals surface area contributed by atoms with Gasteiger partial charge in [0.2, 0.25) is 5.95 Å². The Labute approximate surface area is 153 Å². The molecule has 0 radical (unpaired) electrons. The fourth-order valence-corrected chi connectivity index (χ4v) is 3.10. The number of anilines is 1. The van der Waals surface area contributed by atoms with Crippen molar-refractivity contribution in [1.29, 1.82) is 5.41 Å². The van der Waals surface area contributed by atoms with E-state index in [0.29, 0.717) is 5.95 Å². The van der Waals surface area contributed by atoms with Crippen LogP contribution in [0.15, 0.2) is 42.7 Å². The van der Waals surface area contributed by atoms with Gasteiger partial charge in [0, 0.05) is 12.4 Å². The van der Waals surface area contributed by atoms with Crippen LogP contribution in [-0.2, 0) is 9.53 Å². The summed E-state index contributed by atoms with van der Waals surface area (Å²) in [5.74, 6) is -0.209. The zero-order valence-corrected chi connectivity index (χ0v) is 14.9. The molecular formula is C20H24N4O2. The summed E-state index contributed by atoms with van der Waals surface area (Å²) in [4.78, 5) is 20.9. The summed E-state index contributed by atoms with van der Waals surface area (Å²) < 4.78 is 5.57. The first-order valence-corrected chi connectivity index (χ1v) is 9.03. The summed E-state index contributed by atoms with van der Waals surface area (Å²) in [6.45, 7) is 2.00. The van der Waals surface area contributed by atoms with Gasteiger partial charge in [-0.05, 0) is 44.2 Å². The molecule has 1 heterocycles. The lowest BCUT2D eigenvalue weighted by atomic mass is 9.97. The number of ether oxygens (including phenoxy) is 1. The maximum absolute atomic E-state index is 12.6. The second-order valence-corrected chi connectivity index (χ2v) is 6.64. The predicted molar refractivity (Wildman–Crippen MR) is 100 cm³/mol. The number of nitrogens with one attached hydrogen (secondary N) is 2. The maximum atomic E-state index is 12.6. The van der Waals surface area contributed by atoms with Crippen molar-refractivity contribution in [1.82, 2.24) is 9.97 Å². The Bertz CT molecular complexity index is 740. The van der Waals surface area contributed by atoms with Crippen LogP contribution in [0.5, 0.6) is 0 Å². The van der Waals surface area contributed by atoms with E-state index >= 15 is 0 Å². The number of carbonyl (C=O) groups excluding carboxylic acids is 1. The summed E-state index contributed by atoms with van der Waals surface area (Å²) in [6.07, 6.45) is 8.24. The number of rotatable bonds is 6. The number of esters is 1. The Morgan fingerprint density at radius 2 is 1.81 bits per heavy atom. The van der Waals surface area contributed by atoms with E-state index in [1.165, 1.54) is 6.42 Å². The van der Waals surface area contributed by atoms with Gasteiger partial charge < -0.3 is 10.1 Å². The van der Waals surface area contributed by atoms with E-state index in [0.717, 1.165) is 36.8 Å². The van der Waals surface area contributed by atoms with E-state index in [1.54, 1.807) is 18.5 Å². The molecule has 2 N–H and O–H groups in total. The number of carbonyl (C=O) groups is 1. The minimum Gasteiger partial charge on any atom is -0.458 e. The van der Waals surface area contributed by atoms with Gasteiger partial charge in [-0.25, -0.2) is 14.8 Å². The largest absolute Gasteiger partial charge is 0.458 e. The second-order valence-electron chi connectivity index (χ2n) is 6.64. The summed E-state index contributed by atoms with van der Waals surface area (Å²) >= 11 is 0. The Balaban J connectivity index is 1.78. The number of aromatic nitrogens is 2. The fraction of sp³-hybridized carbons (Fsp3) is 0.400. The molecule has 6 heteroatoms. The Morgan fingerprint density at radius 1 is 1.15 bits per heavy atom. The van der Waals surface area contributed by atoms with E-state index in [2.05, 4.69) is 15.3 Å². The second kappa shape index (κ2) is 8.56. The van der Waals surface area contributed by atoms with Crippen LogP contribution in [0.25, 0.3) is 0 Å². The molecule has 1 atom stereocenters. The van der Waals surface area contributed by atoms with Crippen LogP contribution in [0.1, 0.15) is 49.3 Å². The molecule has 1 saturated carbocycles. The van der Waals surface area contributed by atoms with E-state index in [9.17, 15) is 4.79 Å². The molecular weight excluding hydrogens is 328 g/mol. The predicted octanol–water partition coefficient (Wildman–Crippen LogP) is 3.83. The first-order valence-electron chi connectivity index (χ1n) is 9.03. The smallest absolute Gasteiger partial charge is 0.354 e. The minimum atomic E-state index is -0.658. The van der Waals surface area contributed by atoms with Gasteiger partial charge >= 0.3 is 5.97 Å². The first kappa shape index (κ1) is 18.0. The SMILES string of the molecule is Cc1ccc(C(Nc2ncccn2)C(=N)C(=O)OC2CCCCC2)cc1. The first-order chi connectivity index (χ1) is 12.6. The van der Waals surface area contributed by atoms with Crippen molar-refractivity contribution in [3.8, 4) is 0 Å². The van der Waals surface area contributed by atoms with Crippen molar-refractivity contribution in [2.24, 2.45) is 0 Å². The monoisotopic (exact) mass is 352 g/mol. The van der Waals surface area contributed by atoms with Crippen molar-refractivity contribution in [3.63, 3.8) is 0 Å². The highest BCUT2D eigenvalue weighted by atomic mass is 16.5. The van der Waals surface area contributed by atoms with Crippen LogP contribution in [0, 0.1) is 12.3 Å². The van der Waals surface area contributed by atoms with Crippen molar-refractivity contribution in [2.45, 2.75) is 51.2 Å². The van der Waals surface area contributed by atoms with Gasteiger partial charge in [-0.3, -0.25) is 5.41 Å². The van der Waals surface area contributed by atoms with Gasteiger partial charge in [0.15, 0.2) is 0 Å². The zero-order valence-electron chi connectivity index (χ0n) is 14.9. The average molecular weight is 352 g/mol. The topological polar surface area (TPSA) is 88.0 Å². The molecule has 1 aliphatic carbocycles. The number of hydrogen-bond acceptors (Lipinski definition) is 6. The van der Waals surface area contributed by atoms with Gasteiger partial charge in [-0.15, -0.1) is 0 Å². The van der Waals surface area contributed by atoms with Crippen LogP contribution in [0.3, 0.4) is 0 Å². The van der Waals surface area contributed by atoms with Crippen LogP contribution < -0.4 is 5.32 Å². The highest BCUT2D eigenvalue weighted by Crippen LogP contribution is 2.23. The maximum Gasteiger partial charge on any atom is 0.354 e. The van der Waals surface area contributed by atoms with E-state index < -0.39 is 12.0 Å². The molecule has 0 spiro atoms. The number of nitrogens with zero attached hydrogens (tertiary/aromatic N) is 2. The Morgan fingerprint density at radius 3 is 2.46 bits per heavy atom. The molecule has 0 amide bonds. The van der Waals surface area contributed by atoms with Crippen molar-refractivity contribution in [2.75, 3.05) is 5.32 Å². The molecule has 1 fully saturated rings.